The number of anilines is 1. The summed E-state index contributed by atoms with van der Waals surface area (Å²) < 4.78 is 0. The van der Waals surface area contributed by atoms with Gasteiger partial charge >= 0.3 is 0 Å². The predicted molar refractivity (Wildman–Crippen MR) is 115 cm³/mol. The Kier molecular flexibility index (Phi) is 7.79. The summed E-state index contributed by atoms with van der Waals surface area (Å²) in [6.45, 7) is 7.09. The summed E-state index contributed by atoms with van der Waals surface area (Å²) in [5, 5.41) is 8.77. The zero-order valence-electron chi connectivity index (χ0n) is 17.1. The Morgan fingerprint density at radius 2 is 1.55 bits per heavy atom. The summed E-state index contributed by atoms with van der Waals surface area (Å²) in [6.07, 6.45) is 0.0110. The van der Waals surface area contributed by atoms with E-state index < -0.39 is 6.04 Å². The maximum absolute atomic E-state index is 12.3. The van der Waals surface area contributed by atoms with Crippen molar-refractivity contribution in [1.29, 1.82) is 0 Å². The van der Waals surface area contributed by atoms with Crippen molar-refractivity contribution < 1.29 is 14.4 Å². The summed E-state index contributed by atoms with van der Waals surface area (Å²) in [5.74, 6) is -0.900. The van der Waals surface area contributed by atoms with E-state index >= 15 is 0 Å². The minimum Gasteiger partial charge on any atom is -0.349 e. The number of carbonyl (C=O) groups is 3. The average Bonchev–Trinajstić information content (AvgIpc) is 2.62. The van der Waals surface area contributed by atoms with E-state index in [0.717, 1.165) is 27.9 Å². The minimum absolute atomic E-state index is 0.0110. The van der Waals surface area contributed by atoms with Crippen LogP contribution in [0.2, 0.25) is 5.02 Å². The van der Waals surface area contributed by atoms with Crippen molar-refractivity contribution in [1.82, 2.24) is 10.6 Å². The van der Waals surface area contributed by atoms with E-state index in [2.05, 4.69) is 16.0 Å². The van der Waals surface area contributed by atoms with Crippen LogP contribution in [0.25, 0.3) is 0 Å². The largest absolute Gasteiger partial charge is 0.349 e. The molecule has 0 bridgehead atoms. The summed E-state index contributed by atoms with van der Waals surface area (Å²) in [4.78, 5) is 36.1. The smallest absolute Gasteiger partial charge is 0.243 e. The first-order chi connectivity index (χ1) is 13.7. The number of halogens is 1. The van der Waals surface area contributed by atoms with Crippen LogP contribution < -0.4 is 16.0 Å². The molecule has 3 N–H and O–H groups in total. The van der Waals surface area contributed by atoms with Crippen molar-refractivity contribution in [3.8, 4) is 0 Å². The summed E-state index contributed by atoms with van der Waals surface area (Å²) in [7, 11) is 0. The molecule has 2 rings (SSSR count). The standard InChI is InChI=1S/C22H26ClN3O3/c1-13-9-14(2)22(15(3)10-13)26-21(29)12-24-20(28)11-19(25-16(4)27)17-5-7-18(23)8-6-17/h5-10,19H,11-12H2,1-4H3,(H,24,28)(H,25,27)(H,26,29). The van der Waals surface area contributed by atoms with Crippen molar-refractivity contribution in [3.05, 3.63) is 63.7 Å². The molecule has 29 heavy (non-hydrogen) atoms. The zero-order chi connectivity index (χ0) is 21.6. The fraction of sp³-hybridized carbons (Fsp3) is 0.318. The van der Waals surface area contributed by atoms with Gasteiger partial charge in [-0.05, 0) is 49.6 Å². The number of hydrogen-bond donors (Lipinski definition) is 3. The first kappa shape index (κ1) is 22.4. The van der Waals surface area contributed by atoms with Crippen molar-refractivity contribution >= 4 is 35.0 Å². The molecule has 0 radical (unpaired) electrons. The predicted octanol–water partition coefficient (Wildman–Crippen LogP) is 3.59. The highest BCUT2D eigenvalue weighted by atomic mass is 35.5. The molecule has 0 heterocycles. The average molecular weight is 416 g/mol. The molecule has 6 nitrogen and oxygen atoms in total. The molecular formula is C22H26ClN3O3. The van der Waals surface area contributed by atoms with E-state index in [-0.39, 0.29) is 30.7 Å². The third-order valence-corrected chi connectivity index (χ3v) is 4.68. The Hall–Kier alpha value is -2.86. The van der Waals surface area contributed by atoms with Crippen LogP contribution in [-0.2, 0) is 14.4 Å². The second-order valence-corrected chi connectivity index (χ2v) is 7.54. The van der Waals surface area contributed by atoms with Crippen LogP contribution in [0.15, 0.2) is 36.4 Å². The van der Waals surface area contributed by atoms with Gasteiger partial charge in [0.05, 0.1) is 19.0 Å². The van der Waals surface area contributed by atoms with Gasteiger partial charge in [-0.15, -0.1) is 0 Å². The van der Waals surface area contributed by atoms with Gasteiger partial charge in [-0.2, -0.15) is 0 Å². The third-order valence-electron chi connectivity index (χ3n) is 4.43. The maximum Gasteiger partial charge on any atom is 0.243 e. The third kappa shape index (κ3) is 6.91. The lowest BCUT2D eigenvalue weighted by Crippen LogP contribution is -2.36. The SMILES string of the molecule is CC(=O)NC(CC(=O)NCC(=O)Nc1c(C)cc(C)cc1C)c1ccc(Cl)cc1. The van der Waals surface area contributed by atoms with E-state index in [4.69, 9.17) is 11.6 Å². The van der Waals surface area contributed by atoms with Crippen LogP contribution in [-0.4, -0.2) is 24.3 Å². The number of aryl methyl sites for hydroxylation is 3. The quantitative estimate of drug-likeness (QED) is 0.645. The molecule has 7 heteroatoms. The van der Waals surface area contributed by atoms with E-state index in [0.29, 0.717) is 5.02 Å². The van der Waals surface area contributed by atoms with Crippen molar-refractivity contribution in [2.24, 2.45) is 0 Å². The summed E-state index contributed by atoms with van der Waals surface area (Å²) in [6, 6.07) is 10.4. The Morgan fingerprint density at radius 1 is 0.966 bits per heavy atom. The minimum atomic E-state index is -0.505. The van der Waals surface area contributed by atoms with Gasteiger partial charge in [0, 0.05) is 17.6 Å². The monoisotopic (exact) mass is 415 g/mol. The molecule has 3 amide bonds. The molecular weight excluding hydrogens is 390 g/mol. The molecule has 0 aromatic heterocycles. The van der Waals surface area contributed by atoms with E-state index in [9.17, 15) is 14.4 Å². The Labute approximate surface area is 176 Å². The molecule has 1 atom stereocenters. The van der Waals surface area contributed by atoms with Crippen molar-refractivity contribution in [3.63, 3.8) is 0 Å². The zero-order valence-corrected chi connectivity index (χ0v) is 17.8. The Bertz CT molecular complexity index is 887. The Balaban J connectivity index is 1.95. The lowest BCUT2D eigenvalue weighted by molar-refractivity contribution is -0.125. The molecule has 0 saturated carbocycles. The van der Waals surface area contributed by atoms with Crippen LogP contribution in [0, 0.1) is 20.8 Å². The van der Waals surface area contributed by atoms with Gasteiger partial charge in [-0.25, -0.2) is 0 Å². The van der Waals surface area contributed by atoms with Gasteiger partial charge in [-0.1, -0.05) is 41.4 Å². The number of benzene rings is 2. The highest BCUT2D eigenvalue weighted by Gasteiger charge is 2.18. The van der Waals surface area contributed by atoms with E-state index in [1.807, 2.05) is 32.9 Å². The van der Waals surface area contributed by atoms with Gasteiger partial charge < -0.3 is 16.0 Å². The molecule has 2 aromatic rings. The first-order valence-electron chi connectivity index (χ1n) is 9.32. The fourth-order valence-electron chi connectivity index (χ4n) is 3.19. The van der Waals surface area contributed by atoms with Crippen LogP contribution in [0.3, 0.4) is 0 Å². The molecule has 0 spiro atoms. The van der Waals surface area contributed by atoms with Crippen LogP contribution >= 0.6 is 11.6 Å². The lowest BCUT2D eigenvalue weighted by atomic mass is 10.0. The van der Waals surface area contributed by atoms with Crippen LogP contribution in [0.5, 0.6) is 0 Å². The molecule has 0 fully saturated rings. The van der Waals surface area contributed by atoms with E-state index in [1.165, 1.54) is 6.92 Å². The normalized spacial score (nSPS) is 11.5. The highest BCUT2D eigenvalue weighted by molar-refractivity contribution is 6.30. The molecule has 0 aliphatic rings. The molecule has 0 saturated heterocycles. The number of carbonyl (C=O) groups excluding carboxylic acids is 3. The van der Waals surface area contributed by atoms with Crippen molar-refractivity contribution in [2.75, 3.05) is 11.9 Å². The molecule has 154 valence electrons. The lowest BCUT2D eigenvalue weighted by Gasteiger charge is -2.18. The second kappa shape index (κ2) is 10.1. The number of hydrogen-bond acceptors (Lipinski definition) is 3. The van der Waals surface area contributed by atoms with Gasteiger partial charge in [0.15, 0.2) is 0 Å². The summed E-state index contributed by atoms with van der Waals surface area (Å²) in [5.41, 5.74) is 4.58. The molecule has 0 aliphatic heterocycles. The van der Waals surface area contributed by atoms with Crippen LogP contribution in [0.4, 0.5) is 5.69 Å². The topological polar surface area (TPSA) is 87.3 Å². The van der Waals surface area contributed by atoms with Gasteiger partial charge in [0.25, 0.3) is 0 Å². The molecule has 2 aromatic carbocycles. The number of rotatable bonds is 7. The molecule has 1 unspecified atom stereocenters. The molecule has 0 aliphatic carbocycles. The summed E-state index contributed by atoms with van der Waals surface area (Å²) >= 11 is 5.90. The second-order valence-electron chi connectivity index (χ2n) is 7.11. The highest BCUT2D eigenvalue weighted by Crippen LogP contribution is 2.22. The Morgan fingerprint density at radius 3 is 2.10 bits per heavy atom. The van der Waals surface area contributed by atoms with Gasteiger partial charge in [-0.3, -0.25) is 14.4 Å². The van der Waals surface area contributed by atoms with Crippen molar-refractivity contribution in [2.45, 2.75) is 40.2 Å². The number of amides is 3. The first-order valence-corrected chi connectivity index (χ1v) is 9.70. The van der Waals surface area contributed by atoms with Crippen LogP contribution in [0.1, 0.15) is 41.6 Å². The maximum atomic E-state index is 12.3. The van der Waals surface area contributed by atoms with Gasteiger partial charge in [0.1, 0.15) is 0 Å². The van der Waals surface area contributed by atoms with Gasteiger partial charge in [0.2, 0.25) is 17.7 Å². The number of nitrogens with one attached hydrogen (secondary N) is 3. The van der Waals surface area contributed by atoms with E-state index in [1.54, 1.807) is 24.3 Å². The fourth-order valence-corrected chi connectivity index (χ4v) is 3.32.